The Labute approximate surface area is 256 Å². The SMILES string of the molecule is CCOC(=O)c1cc(-c2cnc(Nc3cc(OC)cc(OC)c3)nc2-n2nc(C(F)(F)F)cc2C)cnc1OCCS(C)(=O)=O. The maximum atomic E-state index is 13.6. The fraction of sp³-hybridized carbons (Fsp3) is 0.321. The average Bonchev–Trinajstić information content (AvgIpc) is 3.38. The number of hydrogen-bond donors (Lipinski definition) is 1. The molecule has 45 heavy (non-hydrogen) atoms. The quantitative estimate of drug-likeness (QED) is 0.216. The second-order valence-corrected chi connectivity index (χ2v) is 11.8. The van der Waals surface area contributed by atoms with Gasteiger partial charge in [0.1, 0.15) is 23.7 Å². The van der Waals surface area contributed by atoms with Gasteiger partial charge in [-0.3, -0.25) is 0 Å². The Morgan fingerprint density at radius 3 is 2.29 bits per heavy atom. The fourth-order valence-electron chi connectivity index (χ4n) is 3.99. The number of nitrogens with zero attached hydrogens (tertiary/aromatic N) is 5. The highest BCUT2D eigenvalue weighted by Gasteiger charge is 2.35. The van der Waals surface area contributed by atoms with Crippen LogP contribution < -0.4 is 19.5 Å². The van der Waals surface area contributed by atoms with Gasteiger partial charge in [0.15, 0.2) is 21.3 Å². The smallest absolute Gasteiger partial charge is 0.435 e. The third-order valence-corrected chi connectivity index (χ3v) is 7.01. The Balaban J connectivity index is 1.85. The molecule has 13 nitrogen and oxygen atoms in total. The topological polar surface area (TPSA) is 157 Å². The summed E-state index contributed by atoms with van der Waals surface area (Å²) in [6, 6.07) is 7.13. The summed E-state index contributed by atoms with van der Waals surface area (Å²) < 4.78 is 86.1. The van der Waals surface area contributed by atoms with Crippen molar-refractivity contribution in [3.63, 3.8) is 0 Å². The largest absolute Gasteiger partial charge is 0.497 e. The minimum absolute atomic E-state index is 0.00758. The maximum Gasteiger partial charge on any atom is 0.435 e. The van der Waals surface area contributed by atoms with Crippen LogP contribution in [0.1, 0.15) is 28.7 Å². The molecule has 0 atom stereocenters. The van der Waals surface area contributed by atoms with Crippen LogP contribution in [0.2, 0.25) is 0 Å². The Kier molecular flexibility index (Phi) is 9.80. The summed E-state index contributed by atoms with van der Waals surface area (Å²) in [4.78, 5) is 25.8. The number of nitrogens with one attached hydrogen (secondary N) is 1. The van der Waals surface area contributed by atoms with E-state index in [2.05, 4.69) is 25.4 Å². The average molecular weight is 651 g/mol. The van der Waals surface area contributed by atoms with Crippen LogP contribution in [0.5, 0.6) is 17.4 Å². The van der Waals surface area contributed by atoms with Gasteiger partial charge in [0, 0.05) is 59.4 Å². The van der Waals surface area contributed by atoms with Crippen molar-refractivity contribution >= 4 is 27.4 Å². The Morgan fingerprint density at radius 1 is 1.02 bits per heavy atom. The van der Waals surface area contributed by atoms with Crippen molar-refractivity contribution in [3.05, 3.63) is 59.7 Å². The fourth-order valence-corrected chi connectivity index (χ4v) is 4.38. The van der Waals surface area contributed by atoms with Gasteiger partial charge < -0.3 is 24.3 Å². The lowest BCUT2D eigenvalue weighted by atomic mass is 10.1. The monoisotopic (exact) mass is 650 g/mol. The number of halogens is 3. The summed E-state index contributed by atoms with van der Waals surface area (Å²) in [5.41, 5.74) is -0.356. The number of esters is 1. The summed E-state index contributed by atoms with van der Waals surface area (Å²) in [5, 5.41) is 6.73. The number of aryl methyl sites for hydroxylation is 1. The number of aromatic nitrogens is 5. The lowest BCUT2D eigenvalue weighted by Gasteiger charge is -2.15. The first-order chi connectivity index (χ1) is 21.2. The third-order valence-electron chi connectivity index (χ3n) is 6.11. The molecule has 0 aliphatic carbocycles. The summed E-state index contributed by atoms with van der Waals surface area (Å²) in [6.45, 7) is 2.75. The van der Waals surface area contributed by atoms with E-state index in [1.54, 1.807) is 25.1 Å². The van der Waals surface area contributed by atoms with Gasteiger partial charge in [-0.05, 0) is 26.0 Å². The summed E-state index contributed by atoms with van der Waals surface area (Å²) in [6.07, 6.45) is -1.09. The molecule has 0 aliphatic rings. The predicted molar refractivity (Wildman–Crippen MR) is 156 cm³/mol. The number of carbonyl (C=O) groups is 1. The van der Waals surface area contributed by atoms with Crippen molar-refractivity contribution in [3.8, 4) is 34.3 Å². The first-order valence-corrected chi connectivity index (χ1v) is 15.3. The minimum atomic E-state index is -4.73. The van der Waals surface area contributed by atoms with E-state index in [1.807, 2.05) is 0 Å². The molecular weight excluding hydrogens is 621 g/mol. The van der Waals surface area contributed by atoms with Crippen molar-refractivity contribution in [1.29, 1.82) is 0 Å². The number of pyridine rings is 1. The molecule has 17 heteroatoms. The number of rotatable bonds is 12. The molecule has 4 aromatic rings. The third kappa shape index (κ3) is 8.17. The van der Waals surface area contributed by atoms with Gasteiger partial charge in [-0.1, -0.05) is 0 Å². The number of alkyl halides is 3. The molecule has 0 aliphatic heterocycles. The van der Waals surface area contributed by atoms with E-state index in [9.17, 15) is 26.4 Å². The van der Waals surface area contributed by atoms with Crippen molar-refractivity contribution < 1.29 is 45.3 Å². The molecule has 0 saturated heterocycles. The zero-order valence-corrected chi connectivity index (χ0v) is 25.6. The van der Waals surface area contributed by atoms with Gasteiger partial charge in [-0.25, -0.2) is 27.9 Å². The van der Waals surface area contributed by atoms with E-state index in [0.717, 1.165) is 17.0 Å². The van der Waals surface area contributed by atoms with Gasteiger partial charge >= 0.3 is 12.1 Å². The maximum absolute atomic E-state index is 13.6. The number of benzene rings is 1. The molecule has 1 N–H and O–H groups in total. The number of anilines is 2. The molecule has 240 valence electrons. The Morgan fingerprint density at radius 2 is 1.71 bits per heavy atom. The van der Waals surface area contributed by atoms with Gasteiger partial charge in [0.2, 0.25) is 11.8 Å². The zero-order valence-electron chi connectivity index (χ0n) is 24.8. The van der Waals surface area contributed by atoms with Crippen LogP contribution in [0.15, 0.2) is 42.7 Å². The number of carbonyl (C=O) groups excluding carboxylic acids is 1. The van der Waals surface area contributed by atoms with Gasteiger partial charge in [-0.2, -0.15) is 23.3 Å². The van der Waals surface area contributed by atoms with E-state index < -0.39 is 27.7 Å². The first kappa shape index (κ1) is 33.0. The second kappa shape index (κ2) is 13.4. The highest BCUT2D eigenvalue weighted by Crippen LogP contribution is 2.34. The van der Waals surface area contributed by atoms with Crippen molar-refractivity contribution in [2.45, 2.75) is 20.0 Å². The van der Waals surface area contributed by atoms with Crippen LogP contribution >= 0.6 is 0 Å². The molecule has 4 rings (SSSR count). The second-order valence-electron chi connectivity index (χ2n) is 9.51. The molecule has 0 unspecified atom stereocenters. The molecule has 3 aromatic heterocycles. The molecule has 0 spiro atoms. The standard InChI is InChI=1S/C28H29F3N6O7S/c1-6-43-26(38)21-10-17(14-32-25(21)44-7-8-45(5,39)40)22-15-33-27(34-18-11-19(41-3)13-20(12-18)42-4)35-24(22)37-16(2)9-23(36-37)28(29,30)31/h9-15H,6-8H2,1-5H3,(H,33,34,35). The van der Waals surface area contributed by atoms with E-state index in [1.165, 1.54) is 39.6 Å². The molecule has 3 heterocycles. The zero-order chi connectivity index (χ0) is 32.9. The normalized spacial score (nSPS) is 11.6. The number of hydrogen-bond acceptors (Lipinski definition) is 12. The van der Waals surface area contributed by atoms with Crippen LogP contribution in [0.4, 0.5) is 24.8 Å². The number of ether oxygens (including phenoxy) is 4. The van der Waals surface area contributed by atoms with Crippen LogP contribution in [0.3, 0.4) is 0 Å². The molecule has 0 amide bonds. The number of methoxy groups -OCH3 is 2. The van der Waals surface area contributed by atoms with E-state index in [-0.39, 0.29) is 59.0 Å². The summed E-state index contributed by atoms with van der Waals surface area (Å²) in [7, 11) is -0.421. The highest BCUT2D eigenvalue weighted by atomic mass is 32.2. The Hall–Kier alpha value is -4.93. The van der Waals surface area contributed by atoms with Crippen LogP contribution in [0.25, 0.3) is 16.9 Å². The van der Waals surface area contributed by atoms with Gasteiger partial charge in [0.25, 0.3) is 0 Å². The van der Waals surface area contributed by atoms with Crippen LogP contribution in [-0.2, 0) is 20.8 Å². The number of sulfone groups is 1. The van der Waals surface area contributed by atoms with Crippen molar-refractivity contribution in [2.75, 3.05) is 44.8 Å². The van der Waals surface area contributed by atoms with E-state index >= 15 is 0 Å². The predicted octanol–water partition coefficient (Wildman–Crippen LogP) is 4.41. The lowest BCUT2D eigenvalue weighted by Crippen LogP contribution is -2.15. The molecular formula is C28H29F3N6O7S. The Bertz CT molecular complexity index is 1790. The van der Waals surface area contributed by atoms with Gasteiger partial charge in [-0.15, -0.1) is 0 Å². The van der Waals surface area contributed by atoms with Gasteiger partial charge in [0.05, 0.1) is 26.6 Å². The van der Waals surface area contributed by atoms with E-state index in [0.29, 0.717) is 17.2 Å². The van der Waals surface area contributed by atoms with Crippen molar-refractivity contribution in [2.24, 2.45) is 0 Å². The molecule has 0 bridgehead atoms. The van der Waals surface area contributed by atoms with Crippen LogP contribution in [-0.4, -0.2) is 78.6 Å². The molecule has 0 radical (unpaired) electrons. The lowest BCUT2D eigenvalue weighted by molar-refractivity contribution is -0.141. The highest BCUT2D eigenvalue weighted by molar-refractivity contribution is 7.90. The van der Waals surface area contributed by atoms with Crippen LogP contribution in [0, 0.1) is 6.92 Å². The minimum Gasteiger partial charge on any atom is -0.497 e. The first-order valence-electron chi connectivity index (χ1n) is 13.2. The van der Waals surface area contributed by atoms with Crippen molar-refractivity contribution in [1.82, 2.24) is 24.7 Å². The molecule has 0 saturated carbocycles. The molecule has 1 aromatic carbocycles. The van der Waals surface area contributed by atoms with E-state index in [4.69, 9.17) is 18.9 Å². The molecule has 0 fully saturated rings. The summed E-state index contributed by atoms with van der Waals surface area (Å²) >= 11 is 0. The summed E-state index contributed by atoms with van der Waals surface area (Å²) in [5.74, 6) is -0.494.